The van der Waals surface area contributed by atoms with Gasteiger partial charge in [0, 0.05) is 6.04 Å². The molecule has 7 unspecified atom stereocenters. The molecule has 4 fully saturated rings. The average molecular weight is 378 g/mol. The van der Waals surface area contributed by atoms with E-state index in [1.54, 1.807) is 19.3 Å². The van der Waals surface area contributed by atoms with Gasteiger partial charge in [0.05, 0.1) is 0 Å². The summed E-state index contributed by atoms with van der Waals surface area (Å²) in [6.07, 6.45) is 19.1. The monoisotopic (exact) mass is 377 g/mol. The fourth-order valence-corrected chi connectivity index (χ4v) is 6.57. The third-order valence-corrected chi connectivity index (χ3v) is 8.04. The van der Waals surface area contributed by atoms with Gasteiger partial charge in [-0.05, 0) is 67.6 Å². The first-order chi connectivity index (χ1) is 13.2. The fourth-order valence-electron chi connectivity index (χ4n) is 6.57. The van der Waals surface area contributed by atoms with E-state index >= 15 is 0 Å². The molecule has 0 spiro atoms. The lowest BCUT2D eigenvalue weighted by Gasteiger charge is -2.43. The molecular formula is C26H51N. The van der Waals surface area contributed by atoms with Gasteiger partial charge in [-0.2, -0.15) is 0 Å². The van der Waals surface area contributed by atoms with Crippen LogP contribution in [-0.4, -0.2) is 6.04 Å². The van der Waals surface area contributed by atoms with E-state index in [0.717, 1.165) is 35.5 Å². The minimum absolute atomic E-state index is 0.534. The second kappa shape index (κ2) is 13.8. The normalized spacial score (nSPS) is 40.3. The molecule has 0 aromatic heterocycles. The average Bonchev–Trinajstić information content (AvgIpc) is 2.75. The van der Waals surface area contributed by atoms with Gasteiger partial charge in [-0.3, -0.25) is 0 Å². The molecule has 4 aliphatic carbocycles. The van der Waals surface area contributed by atoms with E-state index in [9.17, 15) is 0 Å². The highest BCUT2D eigenvalue weighted by Crippen LogP contribution is 2.44. The minimum Gasteiger partial charge on any atom is -0.327 e. The zero-order chi connectivity index (χ0) is 20.2. The molecule has 7 atom stereocenters. The van der Waals surface area contributed by atoms with Crippen molar-refractivity contribution < 1.29 is 0 Å². The van der Waals surface area contributed by atoms with Crippen molar-refractivity contribution in [2.75, 3.05) is 0 Å². The summed E-state index contributed by atoms with van der Waals surface area (Å²) >= 11 is 0. The van der Waals surface area contributed by atoms with Gasteiger partial charge in [-0.15, -0.1) is 13.2 Å². The van der Waals surface area contributed by atoms with Crippen molar-refractivity contribution in [3.8, 4) is 0 Å². The van der Waals surface area contributed by atoms with Crippen LogP contribution in [0.2, 0.25) is 0 Å². The molecule has 0 saturated heterocycles. The van der Waals surface area contributed by atoms with Crippen LogP contribution >= 0.6 is 0 Å². The van der Waals surface area contributed by atoms with Crippen LogP contribution in [0.3, 0.4) is 0 Å². The van der Waals surface area contributed by atoms with E-state index in [-0.39, 0.29) is 0 Å². The van der Waals surface area contributed by atoms with Gasteiger partial charge >= 0.3 is 0 Å². The largest absolute Gasteiger partial charge is 0.327 e. The summed E-state index contributed by atoms with van der Waals surface area (Å²) < 4.78 is 0. The van der Waals surface area contributed by atoms with Gasteiger partial charge in [0.15, 0.2) is 0 Å². The quantitative estimate of drug-likeness (QED) is 0.425. The molecule has 1 heteroatoms. The molecule has 2 N–H and O–H groups in total. The Balaban J connectivity index is 0.000000229. The smallest absolute Gasteiger partial charge is 0.00700 e. The lowest BCUT2D eigenvalue weighted by atomic mass is 9.64. The van der Waals surface area contributed by atoms with Crippen LogP contribution in [0.4, 0.5) is 0 Å². The standard InChI is InChI=1S/C11H21N.C11H20.C2H6.C2H4/c1-8-6-7-11(12)10-5-3-2-4-9(8)10;1-9-5-4-7-10-6-2-3-8-11(9)10;2*1-2/h8-11H,2-7,12H2,1H3;9-11H,2-8H2,1H3;1-2H3;1-2H2. The molecular weight excluding hydrogens is 326 g/mol. The number of fused-ring (bicyclic) bond motifs is 2. The van der Waals surface area contributed by atoms with Crippen LogP contribution in [0.25, 0.3) is 0 Å². The lowest BCUT2D eigenvalue weighted by Crippen LogP contribution is -2.43. The van der Waals surface area contributed by atoms with Crippen molar-refractivity contribution in [2.24, 2.45) is 41.2 Å². The summed E-state index contributed by atoms with van der Waals surface area (Å²) in [6.45, 7) is 14.9. The molecule has 4 rings (SSSR count). The van der Waals surface area contributed by atoms with Crippen molar-refractivity contribution >= 4 is 0 Å². The second-order valence-corrected chi connectivity index (χ2v) is 9.45. The minimum atomic E-state index is 0.534. The number of hydrogen-bond donors (Lipinski definition) is 1. The number of rotatable bonds is 0. The maximum absolute atomic E-state index is 6.15. The van der Waals surface area contributed by atoms with E-state index in [1.165, 1.54) is 64.2 Å². The molecule has 0 heterocycles. The Morgan fingerprint density at radius 3 is 1.63 bits per heavy atom. The van der Waals surface area contributed by atoms with Crippen molar-refractivity contribution in [2.45, 2.75) is 117 Å². The van der Waals surface area contributed by atoms with Gasteiger partial charge in [-0.25, -0.2) is 0 Å². The first-order valence-corrected chi connectivity index (χ1v) is 12.4. The Morgan fingerprint density at radius 1 is 0.556 bits per heavy atom. The third kappa shape index (κ3) is 7.22. The molecule has 160 valence electrons. The molecule has 0 aliphatic heterocycles. The predicted molar refractivity (Wildman–Crippen MR) is 123 cm³/mol. The number of hydrogen-bond acceptors (Lipinski definition) is 1. The number of nitrogens with two attached hydrogens (primary N) is 1. The maximum atomic E-state index is 6.15. The van der Waals surface area contributed by atoms with Gasteiger partial charge < -0.3 is 5.73 Å². The van der Waals surface area contributed by atoms with Crippen LogP contribution in [0.1, 0.15) is 111 Å². The predicted octanol–water partition coefficient (Wildman–Crippen LogP) is 7.99. The molecule has 4 saturated carbocycles. The maximum Gasteiger partial charge on any atom is 0.00700 e. The van der Waals surface area contributed by atoms with E-state index in [0.29, 0.717) is 6.04 Å². The summed E-state index contributed by atoms with van der Waals surface area (Å²) in [4.78, 5) is 0. The van der Waals surface area contributed by atoms with E-state index in [1.807, 2.05) is 13.8 Å². The summed E-state index contributed by atoms with van der Waals surface area (Å²) in [6, 6.07) is 0.534. The van der Waals surface area contributed by atoms with Gasteiger partial charge in [0.25, 0.3) is 0 Å². The lowest BCUT2D eigenvalue weighted by molar-refractivity contribution is 0.0946. The Morgan fingerprint density at radius 2 is 1.04 bits per heavy atom. The molecule has 4 aliphatic rings. The van der Waals surface area contributed by atoms with Crippen LogP contribution in [0, 0.1) is 35.5 Å². The van der Waals surface area contributed by atoms with E-state index in [2.05, 4.69) is 27.0 Å². The van der Waals surface area contributed by atoms with E-state index in [4.69, 9.17) is 5.73 Å². The van der Waals surface area contributed by atoms with Crippen molar-refractivity contribution in [3.63, 3.8) is 0 Å². The van der Waals surface area contributed by atoms with Gasteiger partial charge in [-0.1, -0.05) is 79.1 Å². The highest BCUT2D eigenvalue weighted by atomic mass is 14.7. The molecule has 0 radical (unpaired) electrons. The summed E-state index contributed by atoms with van der Waals surface area (Å²) in [5.41, 5.74) is 6.15. The zero-order valence-electron chi connectivity index (χ0n) is 19.2. The topological polar surface area (TPSA) is 26.0 Å². The van der Waals surface area contributed by atoms with Gasteiger partial charge in [0.1, 0.15) is 0 Å². The highest BCUT2D eigenvalue weighted by molar-refractivity contribution is 4.90. The van der Waals surface area contributed by atoms with Crippen molar-refractivity contribution in [1.29, 1.82) is 0 Å². The van der Waals surface area contributed by atoms with Crippen molar-refractivity contribution in [1.82, 2.24) is 0 Å². The zero-order valence-corrected chi connectivity index (χ0v) is 19.2. The molecule has 1 nitrogen and oxygen atoms in total. The molecule has 27 heavy (non-hydrogen) atoms. The molecule has 0 aromatic carbocycles. The molecule has 0 bridgehead atoms. The summed E-state index contributed by atoms with van der Waals surface area (Å²) in [7, 11) is 0. The Kier molecular flexibility index (Phi) is 12.6. The van der Waals surface area contributed by atoms with Crippen LogP contribution in [0.5, 0.6) is 0 Å². The fraction of sp³-hybridized carbons (Fsp3) is 0.923. The third-order valence-electron chi connectivity index (χ3n) is 8.04. The SMILES string of the molecule is C=C.CC.CC1CCC(N)C2CCCCC12.CC1CCCC2CCCCC12. The second-order valence-electron chi connectivity index (χ2n) is 9.45. The Bertz CT molecular complexity index is 345. The van der Waals surface area contributed by atoms with Crippen molar-refractivity contribution in [3.05, 3.63) is 13.2 Å². The first kappa shape index (κ1) is 24.7. The highest BCUT2D eigenvalue weighted by Gasteiger charge is 2.36. The van der Waals surface area contributed by atoms with Crippen LogP contribution in [0.15, 0.2) is 13.2 Å². The first-order valence-electron chi connectivity index (χ1n) is 12.4. The van der Waals surface area contributed by atoms with Crippen LogP contribution < -0.4 is 5.73 Å². The van der Waals surface area contributed by atoms with E-state index < -0.39 is 0 Å². The van der Waals surface area contributed by atoms with Crippen LogP contribution in [-0.2, 0) is 0 Å². The molecule has 0 amide bonds. The van der Waals surface area contributed by atoms with Gasteiger partial charge in [0.2, 0.25) is 0 Å². The molecule has 0 aromatic rings. The summed E-state index contributed by atoms with van der Waals surface area (Å²) in [5.74, 6) is 6.11. The Labute approximate surface area is 172 Å². The summed E-state index contributed by atoms with van der Waals surface area (Å²) in [5, 5.41) is 0. The Hall–Kier alpha value is -0.300.